The first-order chi connectivity index (χ1) is 15.5. The number of carbonyl (C=O) groups excluding carboxylic acids is 1. The lowest BCUT2D eigenvalue weighted by molar-refractivity contribution is -0.133. The van der Waals surface area contributed by atoms with Gasteiger partial charge in [0.05, 0.1) is 25.2 Å². The van der Waals surface area contributed by atoms with Crippen molar-refractivity contribution >= 4 is 16.8 Å². The number of hydrogen-bond donors (Lipinski definition) is 0. The van der Waals surface area contributed by atoms with Crippen LogP contribution in [0.25, 0.3) is 10.9 Å². The second-order valence-electron chi connectivity index (χ2n) is 8.76. The first-order valence-electron chi connectivity index (χ1n) is 11.5. The average Bonchev–Trinajstić information content (AvgIpc) is 2.81. The molecule has 2 aromatic carbocycles. The minimum Gasteiger partial charge on any atom is -0.379 e. The van der Waals surface area contributed by atoms with Crippen LogP contribution >= 0.6 is 0 Å². The standard InChI is InChI=1S/C27H33N3O2/c1-20(18-29-13-15-32-16-14-29)30(19-23-9-5-4-6-10-23)27(31)17-25-21(2)24-11-7-8-12-26(24)28-22(25)3/h4-12,20H,13-19H2,1-3H3. The van der Waals surface area contributed by atoms with Crippen molar-refractivity contribution < 1.29 is 9.53 Å². The normalized spacial score (nSPS) is 15.6. The summed E-state index contributed by atoms with van der Waals surface area (Å²) in [5, 5.41) is 1.12. The maximum absolute atomic E-state index is 13.7. The molecule has 32 heavy (non-hydrogen) atoms. The van der Waals surface area contributed by atoms with Gasteiger partial charge in [-0.2, -0.15) is 0 Å². The molecule has 0 bridgehead atoms. The Morgan fingerprint density at radius 1 is 1.06 bits per heavy atom. The van der Waals surface area contributed by atoms with Crippen LogP contribution in [-0.4, -0.2) is 59.6 Å². The molecule has 1 unspecified atom stereocenters. The molecular weight excluding hydrogens is 398 g/mol. The van der Waals surface area contributed by atoms with E-state index in [1.165, 1.54) is 0 Å². The van der Waals surface area contributed by atoms with Gasteiger partial charge in [-0.05, 0) is 43.5 Å². The van der Waals surface area contributed by atoms with Crippen LogP contribution in [0.4, 0.5) is 0 Å². The fourth-order valence-corrected chi connectivity index (χ4v) is 4.61. The number of nitrogens with zero attached hydrogens (tertiary/aromatic N) is 3. The van der Waals surface area contributed by atoms with Crippen LogP contribution in [0.3, 0.4) is 0 Å². The lowest BCUT2D eigenvalue weighted by Crippen LogP contribution is -2.48. The number of rotatable bonds is 7. The molecule has 1 aliphatic heterocycles. The summed E-state index contributed by atoms with van der Waals surface area (Å²) in [4.78, 5) is 22.9. The highest BCUT2D eigenvalue weighted by Crippen LogP contribution is 2.24. The zero-order valence-electron chi connectivity index (χ0n) is 19.4. The minimum atomic E-state index is 0.106. The lowest BCUT2D eigenvalue weighted by atomic mass is 9.98. The second-order valence-corrected chi connectivity index (χ2v) is 8.76. The molecule has 1 aromatic heterocycles. The molecule has 5 nitrogen and oxygen atoms in total. The summed E-state index contributed by atoms with van der Waals surface area (Å²) < 4.78 is 5.50. The Balaban J connectivity index is 1.58. The van der Waals surface area contributed by atoms with Gasteiger partial charge in [-0.15, -0.1) is 0 Å². The molecule has 1 atom stereocenters. The van der Waals surface area contributed by atoms with Gasteiger partial charge in [-0.1, -0.05) is 48.5 Å². The van der Waals surface area contributed by atoms with Crippen LogP contribution < -0.4 is 0 Å². The molecule has 5 heteroatoms. The lowest BCUT2D eigenvalue weighted by Gasteiger charge is -2.35. The fourth-order valence-electron chi connectivity index (χ4n) is 4.61. The molecule has 3 aromatic rings. The largest absolute Gasteiger partial charge is 0.379 e. The van der Waals surface area contributed by atoms with Crippen LogP contribution in [0.15, 0.2) is 54.6 Å². The third-order valence-electron chi connectivity index (χ3n) is 6.49. The van der Waals surface area contributed by atoms with E-state index in [-0.39, 0.29) is 11.9 Å². The highest BCUT2D eigenvalue weighted by Gasteiger charge is 2.25. The van der Waals surface area contributed by atoms with Gasteiger partial charge in [0.1, 0.15) is 0 Å². The van der Waals surface area contributed by atoms with E-state index in [9.17, 15) is 4.79 Å². The number of para-hydroxylation sites is 1. The van der Waals surface area contributed by atoms with Crippen LogP contribution in [0.5, 0.6) is 0 Å². The van der Waals surface area contributed by atoms with Gasteiger partial charge < -0.3 is 9.64 Å². The molecule has 0 radical (unpaired) electrons. The summed E-state index contributed by atoms with van der Waals surface area (Å²) in [6, 6.07) is 18.5. The Morgan fingerprint density at radius 2 is 1.75 bits per heavy atom. The molecule has 1 saturated heterocycles. The smallest absolute Gasteiger partial charge is 0.227 e. The monoisotopic (exact) mass is 431 g/mol. The van der Waals surface area contributed by atoms with Crippen molar-refractivity contribution in [1.82, 2.24) is 14.8 Å². The Hall–Kier alpha value is -2.76. The number of carbonyl (C=O) groups is 1. The van der Waals surface area contributed by atoms with Crippen LogP contribution in [0.1, 0.15) is 29.3 Å². The van der Waals surface area contributed by atoms with E-state index >= 15 is 0 Å². The van der Waals surface area contributed by atoms with Gasteiger partial charge in [-0.3, -0.25) is 14.7 Å². The number of pyridine rings is 1. The molecule has 1 amide bonds. The average molecular weight is 432 g/mol. The number of hydrogen-bond acceptors (Lipinski definition) is 4. The van der Waals surface area contributed by atoms with E-state index in [2.05, 4.69) is 36.9 Å². The molecule has 1 fully saturated rings. The quantitative estimate of drug-likeness (QED) is 0.564. The van der Waals surface area contributed by atoms with E-state index in [0.717, 1.165) is 66.1 Å². The SMILES string of the molecule is Cc1nc2ccccc2c(C)c1CC(=O)N(Cc1ccccc1)C(C)CN1CCOCC1. The number of morpholine rings is 1. The van der Waals surface area contributed by atoms with Crippen molar-refractivity contribution in [1.29, 1.82) is 0 Å². The maximum Gasteiger partial charge on any atom is 0.227 e. The number of fused-ring (bicyclic) bond motifs is 1. The molecule has 0 aliphatic carbocycles. The summed E-state index contributed by atoms with van der Waals surface area (Å²) in [7, 11) is 0. The van der Waals surface area contributed by atoms with Crippen molar-refractivity contribution in [2.24, 2.45) is 0 Å². The Labute approximate surface area is 191 Å². The minimum absolute atomic E-state index is 0.106. The first-order valence-corrected chi connectivity index (χ1v) is 11.5. The number of aryl methyl sites for hydroxylation is 2. The molecular formula is C27H33N3O2. The molecule has 2 heterocycles. The molecule has 0 saturated carbocycles. The number of aromatic nitrogens is 1. The van der Waals surface area contributed by atoms with Crippen molar-refractivity contribution in [3.8, 4) is 0 Å². The number of amides is 1. The molecule has 4 rings (SSSR count). The maximum atomic E-state index is 13.7. The van der Waals surface area contributed by atoms with Gasteiger partial charge in [0.15, 0.2) is 0 Å². The fraction of sp³-hybridized carbons (Fsp3) is 0.407. The van der Waals surface area contributed by atoms with Crippen molar-refractivity contribution in [2.45, 2.75) is 39.8 Å². The van der Waals surface area contributed by atoms with E-state index in [0.29, 0.717) is 13.0 Å². The van der Waals surface area contributed by atoms with Gasteiger partial charge >= 0.3 is 0 Å². The van der Waals surface area contributed by atoms with Gasteiger partial charge in [0, 0.05) is 43.3 Å². The molecule has 0 N–H and O–H groups in total. The predicted molar refractivity (Wildman–Crippen MR) is 129 cm³/mol. The summed E-state index contributed by atoms with van der Waals surface area (Å²) in [6.45, 7) is 11.1. The zero-order valence-corrected chi connectivity index (χ0v) is 19.4. The Morgan fingerprint density at radius 3 is 2.50 bits per heavy atom. The zero-order chi connectivity index (χ0) is 22.5. The third-order valence-corrected chi connectivity index (χ3v) is 6.49. The van der Waals surface area contributed by atoms with Crippen molar-refractivity contribution in [3.63, 3.8) is 0 Å². The van der Waals surface area contributed by atoms with Gasteiger partial charge in [0.25, 0.3) is 0 Å². The first kappa shape index (κ1) is 22.4. The molecule has 0 spiro atoms. The highest BCUT2D eigenvalue weighted by atomic mass is 16.5. The topological polar surface area (TPSA) is 45.7 Å². The van der Waals surface area contributed by atoms with E-state index in [1.54, 1.807) is 0 Å². The van der Waals surface area contributed by atoms with E-state index in [4.69, 9.17) is 9.72 Å². The summed E-state index contributed by atoms with van der Waals surface area (Å²) in [5.41, 5.74) is 5.28. The van der Waals surface area contributed by atoms with Gasteiger partial charge in [0.2, 0.25) is 5.91 Å². The number of ether oxygens (including phenoxy) is 1. The van der Waals surface area contributed by atoms with Gasteiger partial charge in [-0.25, -0.2) is 0 Å². The Bertz CT molecular complexity index is 1060. The predicted octanol–water partition coefficient (Wildman–Crippen LogP) is 4.14. The summed E-state index contributed by atoms with van der Waals surface area (Å²) in [6.07, 6.45) is 0.371. The summed E-state index contributed by atoms with van der Waals surface area (Å²) >= 11 is 0. The third kappa shape index (κ3) is 5.17. The summed E-state index contributed by atoms with van der Waals surface area (Å²) in [5.74, 6) is 0.151. The van der Waals surface area contributed by atoms with Crippen LogP contribution in [0.2, 0.25) is 0 Å². The van der Waals surface area contributed by atoms with E-state index < -0.39 is 0 Å². The van der Waals surface area contributed by atoms with E-state index in [1.807, 2.05) is 48.2 Å². The highest BCUT2D eigenvalue weighted by molar-refractivity contribution is 5.86. The Kier molecular flexibility index (Phi) is 7.18. The van der Waals surface area contributed by atoms with Crippen molar-refractivity contribution in [3.05, 3.63) is 77.0 Å². The van der Waals surface area contributed by atoms with Crippen molar-refractivity contribution in [2.75, 3.05) is 32.8 Å². The molecule has 1 aliphatic rings. The number of benzene rings is 2. The van der Waals surface area contributed by atoms with Crippen LogP contribution in [-0.2, 0) is 22.5 Å². The second kappa shape index (κ2) is 10.2. The van der Waals surface area contributed by atoms with Crippen LogP contribution in [0, 0.1) is 13.8 Å². The molecule has 168 valence electrons.